The van der Waals surface area contributed by atoms with Crippen LogP contribution in [0.3, 0.4) is 0 Å². The average Bonchev–Trinajstić information content (AvgIpc) is 3.21. The number of anilines is 1. The number of carbonyl (C=O) groups is 2. The molecule has 1 unspecified atom stereocenters. The summed E-state index contributed by atoms with van der Waals surface area (Å²) in [4.78, 5) is 49.9. The number of fused-ring (bicyclic) bond motifs is 1. The zero-order valence-corrected chi connectivity index (χ0v) is 25.2. The molecule has 0 bridgehead atoms. The molecular weight excluding hydrogens is 545 g/mol. The van der Waals surface area contributed by atoms with Gasteiger partial charge in [-0.05, 0) is 50.6 Å². The van der Waals surface area contributed by atoms with Crippen LogP contribution in [0.2, 0.25) is 0 Å². The number of aliphatic hydroxyl groups excluding tert-OH is 1. The highest BCUT2D eigenvalue weighted by Gasteiger charge is 2.25. The van der Waals surface area contributed by atoms with Gasteiger partial charge in [0.1, 0.15) is 23.4 Å². The Morgan fingerprint density at radius 1 is 1.21 bits per heavy atom. The molecule has 0 aliphatic carbocycles. The lowest BCUT2D eigenvalue weighted by molar-refractivity contribution is -0.204. The number of imidazole rings is 1. The Kier molecular flexibility index (Phi) is 10.7. The van der Waals surface area contributed by atoms with Gasteiger partial charge in [0.05, 0.1) is 30.1 Å². The first-order chi connectivity index (χ1) is 19.7. The maximum Gasteiger partial charge on any atom is 0.277 e. The second-order valence-electron chi connectivity index (χ2n) is 11.7. The molecule has 2 N–H and O–H groups in total. The third kappa shape index (κ3) is 8.78. The minimum atomic E-state index is -1.38. The number of likely N-dealkylation sites (N-methyl/N-ethyl adjacent to an activating group) is 1. The lowest BCUT2D eigenvalue weighted by Crippen LogP contribution is -2.40. The second kappa shape index (κ2) is 13.8. The standard InChI is InChI=1S/C29H40FN7O5/c1-29(2,3)17-37-22-13-12-19(30)14-20(22)32-24(37)16-36-18-31-15-21(27(36)40)33-26(39)23(42-28(41)35(6)7)10-8-9-11-25(38)34(4)5/h9,11-15,18,23,28,41H,8,10,16-17H2,1-7H3,(H,33,39)/b11-9+/t23-,28?/m0/s1. The Hall–Kier alpha value is -3.94. The van der Waals surface area contributed by atoms with Crippen molar-refractivity contribution in [1.29, 1.82) is 0 Å². The summed E-state index contributed by atoms with van der Waals surface area (Å²) in [6.07, 6.45) is 3.50. The highest BCUT2D eigenvalue weighted by molar-refractivity contribution is 5.94. The zero-order valence-electron chi connectivity index (χ0n) is 25.2. The van der Waals surface area contributed by atoms with Gasteiger partial charge in [0, 0.05) is 26.7 Å². The fourth-order valence-electron chi connectivity index (χ4n) is 4.05. The fourth-order valence-corrected chi connectivity index (χ4v) is 4.05. The van der Waals surface area contributed by atoms with Crippen molar-refractivity contribution in [2.45, 2.75) is 59.2 Å². The molecule has 228 valence electrons. The molecule has 3 aromatic rings. The number of hydrogen-bond donors (Lipinski definition) is 2. The van der Waals surface area contributed by atoms with Crippen LogP contribution in [0.5, 0.6) is 0 Å². The van der Waals surface area contributed by atoms with Crippen LogP contribution in [0.25, 0.3) is 11.0 Å². The molecule has 0 saturated carbocycles. The zero-order chi connectivity index (χ0) is 31.2. The molecule has 2 atom stereocenters. The predicted octanol–water partition coefficient (Wildman–Crippen LogP) is 2.41. The van der Waals surface area contributed by atoms with Crippen molar-refractivity contribution in [3.63, 3.8) is 0 Å². The summed E-state index contributed by atoms with van der Waals surface area (Å²) < 4.78 is 22.7. The van der Waals surface area contributed by atoms with E-state index in [1.54, 1.807) is 40.3 Å². The van der Waals surface area contributed by atoms with Crippen LogP contribution >= 0.6 is 0 Å². The molecule has 3 rings (SSSR count). The molecule has 2 heterocycles. The number of carbonyl (C=O) groups excluding carboxylic acids is 2. The molecule has 0 spiro atoms. The normalized spacial score (nSPS) is 13.6. The van der Waals surface area contributed by atoms with Crippen molar-refractivity contribution in [3.05, 3.63) is 64.9 Å². The maximum absolute atomic E-state index is 13.9. The van der Waals surface area contributed by atoms with Gasteiger partial charge in [-0.15, -0.1) is 0 Å². The second-order valence-corrected chi connectivity index (χ2v) is 11.7. The van der Waals surface area contributed by atoms with E-state index < -0.39 is 29.8 Å². The number of amides is 2. The van der Waals surface area contributed by atoms with E-state index in [-0.39, 0.29) is 30.0 Å². The Balaban J connectivity index is 1.85. The van der Waals surface area contributed by atoms with Gasteiger partial charge < -0.3 is 24.6 Å². The lowest BCUT2D eigenvalue weighted by atomic mass is 9.96. The fraction of sp³-hybridized carbons (Fsp3) is 0.483. The van der Waals surface area contributed by atoms with Crippen molar-refractivity contribution in [3.8, 4) is 0 Å². The Labute approximate surface area is 244 Å². The summed E-state index contributed by atoms with van der Waals surface area (Å²) in [5.74, 6) is -0.737. The van der Waals surface area contributed by atoms with Gasteiger partial charge in [-0.2, -0.15) is 0 Å². The van der Waals surface area contributed by atoms with Crippen molar-refractivity contribution in [2.24, 2.45) is 5.41 Å². The lowest BCUT2D eigenvalue weighted by Gasteiger charge is -2.24. The number of ether oxygens (including phenoxy) is 1. The molecule has 0 saturated heterocycles. The topological polar surface area (TPSA) is 135 Å². The molecule has 2 aromatic heterocycles. The van der Waals surface area contributed by atoms with Gasteiger partial charge in [0.15, 0.2) is 0 Å². The molecular formula is C29H40FN7O5. The number of halogens is 1. The molecule has 0 radical (unpaired) electrons. The van der Waals surface area contributed by atoms with Gasteiger partial charge in [-0.25, -0.2) is 14.4 Å². The Morgan fingerprint density at radius 3 is 2.57 bits per heavy atom. The summed E-state index contributed by atoms with van der Waals surface area (Å²) in [6.45, 7) is 6.81. The number of nitrogens with one attached hydrogen (secondary N) is 1. The van der Waals surface area contributed by atoms with Crippen LogP contribution in [-0.4, -0.2) is 86.5 Å². The van der Waals surface area contributed by atoms with E-state index in [0.29, 0.717) is 24.3 Å². The minimum Gasteiger partial charge on any atom is -0.356 e. The van der Waals surface area contributed by atoms with Crippen LogP contribution in [0.1, 0.15) is 39.4 Å². The number of aromatic nitrogens is 4. The summed E-state index contributed by atoms with van der Waals surface area (Å²) in [6, 6.07) is 4.39. The molecule has 42 heavy (non-hydrogen) atoms. The maximum atomic E-state index is 13.9. The van der Waals surface area contributed by atoms with Crippen molar-refractivity contribution in [1.82, 2.24) is 28.9 Å². The molecule has 0 fully saturated rings. The van der Waals surface area contributed by atoms with Gasteiger partial charge in [0.2, 0.25) is 12.3 Å². The summed E-state index contributed by atoms with van der Waals surface area (Å²) in [5, 5.41) is 12.8. The van der Waals surface area contributed by atoms with Gasteiger partial charge in [-0.1, -0.05) is 26.8 Å². The number of allylic oxidation sites excluding steroid dienone is 1. The molecule has 12 nitrogen and oxygen atoms in total. The third-order valence-corrected chi connectivity index (χ3v) is 6.21. The Bertz CT molecular complexity index is 1490. The summed E-state index contributed by atoms with van der Waals surface area (Å²) in [7, 11) is 6.41. The van der Waals surface area contributed by atoms with E-state index in [1.807, 2.05) is 4.57 Å². The van der Waals surface area contributed by atoms with Crippen molar-refractivity contribution in [2.75, 3.05) is 33.5 Å². The monoisotopic (exact) mass is 585 g/mol. The minimum absolute atomic E-state index is 0.0336. The smallest absolute Gasteiger partial charge is 0.277 e. The largest absolute Gasteiger partial charge is 0.356 e. The van der Waals surface area contributed by atoms with E-state index >= 15 is 0 Å². The van der Waals surface area contributed by atoms with Crippen molar-refractivity contribution >= 4 is 28.5 Å². The van der Waals surface area contributed by atoms with Gasteiger partial charge in [-0.3, -0.25) is 23.9 Å². The van der Waals surface area contributed by atoms with Crippen molar-refractivity contribution < 1.29 is 23.8 Å². The van der Waals surface area contributed by atoms with Crippen LogP contribution in [0, 0.1) is 11.2 Å². The van der Waals surface area contributed by atoms with Crippen LogP contribution < -0.4 is 10.9 Å². The van der Waals surface area contributed by atoms with E-state index in [1.165, 1.54) is 45.1 Å². The molecule has 1 aromatic carbocycles. The number of rotatable bonds is 12. The SMILES string of the molecule is CN(C)C(=O)/C=C/CC[C@H](OC(O)N(C)C)C(=O)Nc1cncn(Cc2nc3cc(F)ccc3n2CC(C)(C)C)c1=O. The first-order valence-corrected chi connectivity index (χ1v) is 13.5. The van der Waals surface area contributed by atoms with Gasteiger partial charge in [0.25, 0.3) is 11.5 Å². The first-order valence-electron chi connectivity index (χ1n) is 13.5. The van der Waals surface area contributed by atoms with E-state index in [9.17, 15) is 23.9 Å². The van der Waals surface area contributed by atoms with Gasteiger partial charge >= 0.3 is 0 Å². The summed E-state index contributed by atoms with van der Waals surface area (Å²) >= 11 is 0. The number of benzene rings is 1. The van der Waals surface area contributed by atoms with E-state index in [2.05, 4.69) is 36.1 Å². The number of aliphatic hydroxyl groups is 1. The average molecular weight is 586 g/mol. The Morgan fingerprint density at radius 2 is 1.93 bits per heavy atom. The number of nitrogens with zero attached hydrogens (tertiary/aromatic N) is 6. The van der Waals surface area contributed by atoms with Crippen LogP contribution in [-0.2, 0) is 27.4 Å². The molecule has 0 aliphatic heterocycles. The van der Waals surface area contributed by atoms with E-state index in [0.717, 1.165) is 5.52 Å². The molecule has 0 aliphatic rings. The predicted molar refractivity (Wildman–Crippen MR) is 157 cm³/mol. The number of hydrogen-bond acceptors (Lipinski definition) is 8. The summed E-state index contributed by atoms with van der Waals surface area (Å²) in [5.41, 5.74) is 0.477. The highest BCUT2D eigenvalue weighted by atomic mass is 19.1. The molecule has 2 amide bonds. The first kappa shape index (κ1) is 32.6. The van der Waals surface area contributed by atoms with E-state index in [4.69, 9.17) is 4.74 Å². The highest BCUT2D eigenvalue weighted by Crippen LogP contribution is 2.24. The third-order valence-electron chi connectivity index (χ3n) is 6.21. The quantitative estimate of drug-likeness (QED) is 0.245. The molecule has 13 heteroatoms. The van der Waals surface area contributed by atoms with Crippen LogP contribution in [0.4, 0.5) is 10.1 Å². The van der Waals surface area contributed by atoms with Crippen LogP contribution in [0.15, 0.2) is 47.7 Å².